The van der Waals surface area contributed by atoms with Gasteiger partial charge in [-0.3, -0.25) is 4.90 Å². The van der Waals surface area contributed by atoms with Gasteiger partial charge in [0.15, 0.2) is 0 Å². The number of nitrogens with one attached hydrogen (secondary N) is 1. The minimum absolute atomic E-state index is 0.615. The molecule has 1 aromatic rings. The van der Waals surface area contributed by atoms with E-state index in [1.807, 2.05) is 6.07 Å². The highest BCUT2D eigenvalue weighted by molar-refractivity contribution is 6.31. The summed E-state index contributed by atoms with van der Waals surface area (Å²) >= 11 is 6.24. The van der Waals surface area contributed by atoms with Gasteiger partial charge in [0.05, 0.1) is 0 Å². The first kappa shape index (κ1) is 14.8. The molecule has 2 nitrogen and oxygen atoms in total. The Hall–Kier alpha value is -0.570. The van der Waals surface area contributed by atoms with E-state index in [2.05, 4.69) is 36.2 Å². The molecule has 19 heavy (non-hydrogen) atoms. The van der Waals surface area contributed by atoms with Gasteiger partial charge in [-0.1, -0.05) is 30.2 Å². The van der Waals surface area contributed by atoms with Gasteiger partial charge in [-0.05, 0) is 57.0 Å². The smallest absolute Gasteiger partial charge is 0.0453 e. The summed E-state index contributed by atoms with van der Waals surface area (Å²) < 4.78 is 0. The van der Waals surface area contributed by atoms with Crippen molar-refractivity contribution < 1.29 is 0 Å². The average Bonchev–Trinajstić information content (AvgIpc) is 2.42. The van der Waals surface area contributed by atoms with Gasteiger partial charge in [0.2, 0.25) is 0 Å². The maximum absolute atomic E-state index is 6.24. The number of hydrogen-bond donors (Lipinski definition) is 1. The first-order chi connectivity index (χ1) is 9.16. The minimum Gasteiger partial charge on any atom is -0.311 e. The second-order valence-corrected chi connectivity index (χ2v) is 6.08. The summed E-state index contributed by atoms with van der Waals surface area (Å²) in [6, 6.07) is 6.89. The molecule has 1 aliphatic heterocycles. The Morgan fingerprint density at radius 2 is 2.00 bits per heavy atom. The van der Waals surface area contributed by atoms with Gasteiger partial charge in [-0.25, -0.2) is 0 Å². The number of halogens is 1. The number of benzene rings is 1. The molecule has 1 aliphatic rings. The Kier molecular flexibility index (Phi) is 5.68. The van der Waals surface area contributed by atoms with Crippen molar-refractivity contribution in [3.8, 4) is 0 Å². The van der Waals surface area contributed by atoms with Crippen LogP contribution < -0.4 is 5.32 Å². The molecule has 1 unspecified atom stereocenters. The zero-order valence-electron chi connectivity index (χ0n) is 12.1. The predicted molar refractivity (Wildman–Crippen MR) is 82.8 cm³/mol. The summed E-state index contributed by atoms with van der Waals surface area (Å²) in [5.41, 5.74) is 2.41. The Morgan fingerprint density at radius 1 is 1.26 bits per heavy atom. The van der Waals surface area contributed by atoms with Crippen LogP contribution in [0.3, 0.4) is 0 Å². The molecule has 0 bridgehead atoms. The van der Waals surface area contributed by atoms with E-state index in [1.54, 1.807) is 0 Å². The van der Waals surface area contributed by atoms with Crippen molar-refractivity contribution in [2.75, 3.05) is 19.6 Å². The van der Waals surface area contributed by atoms with E-state index in [9.17, 15) is 0 Å². The van der Waals surface area contributed by atoms with Crippen LogP contribution >= 0.6 is 11.6 Å². The molecule has 3 heteroatoms. The molecule has 1 saturated heterocycles. The molecule has 106 valence electrons. The van der Waals surface area contributed by atoms with E-state index >= 15 is 0 Å². The second-order valence-electron chi connectivity index (χ2n) is 5.67. The van der Waals surface area contributed by atoms with Crippen molar-refractivity contribution >= 4 is 11.6 Å². The van der Waals surface area contributed by atoms with Gasteiger partial charge in [-0.15, -0.1) is 0 Å². The van der Waals surface area contributed by atoms with Crippen LogP contribution in [0.4, 0.5) is 0 Å². The lowest BCUT2D eigenvalue weighted by Crippen LogP contribution is -2.42. The van der Waals surface area contributed by atoms with Crippen LogP contribution in [0.1, 0.15) is 37.3 Å². The molecule has 0 radical (unpaired) electrons. The van der Waals surface area contributed by atoms with Crippen LogP contribution in [0, 0.1) is 6.92 Å². The van der Waals surface area contributed by atoms with Gasteiger partial charge in [0.1, 0.15) is 0 Å². The van der Waals surface area contributed by atoms with E-state index in [-0.39, 0.29) is 0 Å². The monoisotopic (exact) mass is 280 g/mol. The molecule has 1 atom stereocenters. The average molecular weight is 281 g/mol. The van der Waals surface area contributed by atoms with Crippen molar-refractivity contribution in [1.82, 2.24) is 10.2 Å². The van der Waals surface area contributed by atoms with E-state index < -0.39 is 0 Å². The predicted octanol–water partition coefficient (Wildman–Crippen LogP) is 3.61. The SMILES string of the molecule is Cc1ccc(CNCC(C)N2CCCCC2)c(Cl)c1. The highest BCUT2D eigenvalue weighted by Gasteiger charge is 2.15. The third kappa shape index (κ3) is 4.48. The molecule has 0 aliphatic carbocycles. The molecule has 0 saturated carbocycles. The minimum atomic E-state index is 0.615. The van der Waals surface area contributed by atoms with Crippen LogP contribution in [0.25, 0.3) is 0 Å². The molecule has 2 rings (SSSR count). The zero-order chi connectivity index (χ0) is 13.7. The Bertz CT molecular complexity index is 400. The largest absolute Gasteiger partial charge is 0.311 e. The highest BCUT2D eigenvalue weighted by atomic mass is 35.5. The zero-order valence-corrected chi connectivity index (χ0v) is 12.8. The first-order valence-corrected chi connectivity index (χ1v) is 7.74. The summed E-state index contributed by atoms with van der Waals surface area (Å²) in [6.45, 7) is 8.79. The molecular weight excluding hydrogens is 256 g/mol. The van der Waals surface area contributed by atoms with E-state index in [1.165, 1.54) is 43.5 Å². The molecule has 1 aromatic carbocycles. The lowest BCUT2D eigenvalue weighted by atomic mass is 10.1. The van der Waals surface area contributed by atoms with Crippen molar-refractivity contribution in [3.05, 3.63) is 34.3 Å². The summed E-state index contributed by atoms with van der Waals surface area (Å²) in [5.74, 6) is 0. The Balaban J connectivity index is 1.76. The van der Waals surface area contributed by atoms with Gasteiger partial charge in [-0.2, -0.15) is 0 Å². The number of hydrogen-bond acceptors (Lipinski definition) is 2. The van der Waals surface area contributed by atoms with Crippen molar-refractivity contribution in [3.63, 3.8) is 0 Å². The number of piperidine rings is 1. The molecular formula is C16H25ClN2. The van der Waals surface area contributed by atoms with Crippen LogP contribution in [0.2, 0.25) is 5.02 Å². The fourth-order valence-electron chi connectivity index (χ4n) is 2.70. The fourth-order valence-corrected chi connectivity index (χ4v) is 3.00. The molecule has 1 N–H and O–H groups in total. The van der Waals surface area contributed by atoms with Gasteiger partial charge in [0.25, 0.3) is 0 Å². The third-order valence-corrected chi connectivity index (χ3v) is 4.33. The summed E-state index contributed by atoms with van der Waals surface area (Å²) in [6.07, 6.45) is 4.11. The summed E-state index contributed by atoms with van der Waals surface area (Å²) in [4.78, 5) is 2.59. The summed E-state index contributed by atoms with van der Waals surface area (Å²) in [7, 11) is 0. The van der Waals surface area contributed by atoms with Gasteiger partial charge in [0, 0.05) is 24.2 Å². The standard InChI is InChI=1S/C16H25ClN2/c1-13-6-7-15(16(17)10-13)12-18-11-14(2)19-8-4-3-5-9-19/h6-7,10,14,18H,3-5,8-9,11-12H2,1-2H3. The lowest BCUT2D eigenvalue weighted by Gasteiger charge is -2.32. The normalized spacial score (nSPS) is 18.5. The first-order valence-electron chi connectivity index (χ1n) is 7.36. The maximum atomic E-state index is 6.24. The van der Waals surface area contributed by atoms with Crippen molar-refractivity contribution in [1.29, 1.82) is 0 Å². The van der Waals surface area contributed by atoms with Crippen LogP contribution in [-0.4, -0.2) is 30.6 Å². The van der Waals surface area contributed by atoms with Crippen LogP contribution in [-0.2, 0) is 6.54 Å². The fraction of sp³-hybridized carbons (Fsp3) is 0.625. The lowest BCUT2D eigenvalue weighted by molar-refractivity contribution is 0.170. The third-order valence-electron chi connectivity index (χ3n) is 3.98. The maximum Gasteiger partial charge on any atom is 0.0453 e. The molecule has 0 aromatic heterocycles. The summed E-state index contributed by atoms with van der Waals surface area (Å²) in [5, 5.41) is 4.41. The topological polar surface area (TPSA) is 15.3 Å². The van der Waals surface area contributed by atoms with Gasteiger partial charge < -0.3 is 5.32 Å². The van der Waals surface area contributed by atoms with E-state index in [0.29, 0.717) is 6.04 Å². The van der Waals surface area contributed by atoms with Crippen molar-refractivity contribution in [2.24, 2.45) is 0 Å². The second kappa shape index (κ2) is 7.28. The van der Waals surface area contributed by atoms with E-state index in [4.69, 9.17) is 11.6 Å². The molecule has 1 fully saturated rings. The Morgan fingerprint density at radius 3 is 2.68 bits per heavy atom. The number of likely N-dealkylation sites (tertiary alicyclic amines) is 1. The molecule has 0 amide bonds. The quantitative estimate of drug-likeness (QED) is 0.886. The Labute approximate surface area is 122 Å². The molecule has 0 spiro atoms. The number of rotatable bonds is 5. The number of nitrogens with zero attached hydrogens (tertiary/aromatic N) is 1. The van der Waals surface area contributed by atoms with Gasteiger partial charge >= 0.3 is 0 Å². The molecule has 1 heterocycles. The van der Waals surface area contributed by atoms with Crippen LogP contribution in [0.15, 0.2) is 18.2 Å². The van der Waals surface area contributed by atoms with Crippen LogP contribution in [0.5, 0.6) is 0 Å². The van der Waals surface area contributed by atoms with Crippen molar-refractivity contribution in [2.45, 2.75) is 45.7 Å². The van der Waals surface area contributed by atoms with E-state index in [0.717, 1.165) is 18.1 Å². The number of aryl methyl sites for hydroxylation is 1. The highest BCUT2D eigenvalue weighted by Crippen LogP contribution is 2.17.